The summed E-state index contributed by atoms with van der Waals surface area (Å²) in [6.45, 7) is 4.47. The monoisotopic (exact) mass is 276 g/mol. The Morgan fingerprint density at radius 1 is 1.40 bits per heavy atom. The molecule has 1 aromatic carbocycles. The van der Waals surface area contributed by atoms with E-state index in [-0.39, 0.29) is 18.4 Å². The number of rotatable bonds is 4. The average molecular weight is 276 g/mol. The molecule has 0 bridgehead atoms. The van der Waals surface area contributed by atoms with Crippen LogP contribution in [0.25, 0.3) is 0 Å². The molecule has 20 heavy (non-hydrogen) atoms. The Kier molecular flexibility index (Phi) is 4.09. The number of likely N-dealkylation sites (tertiary alicyclic amines) is 1. The molecule has 0 aliphatic carbocycles. The highest BCUT2D eigenvalue weighted by Crippen LogP contribution is 2.23. The van der Waals surface area contributed by atoms with Crippen molar-refractivity contribution in [3.63, 3.8) is 0 Å². The van der Waals surface area contributed by atoms with E-state index in [0.717, 1.165) is 5.56 Å². The molecule has 0 atom stereocenters. The van der Waals surface area contributed by atoms with Gasteiger partial charge in [0.2, 0.25) is 5.91 Å². The lowest BCUT2D eigenvalue weighted by molar-refractivity contribution is -0.154. The van der Waals surface area contributed by atoms with Crippen molar-refractivity contribution in [2.45, 2.75) is 25.9 Å². The third kappa shape index (κ3) is 3.17. The molecule has 0 spiro atoms. The van der Waals surface area contributed by atoms with Crippen molar-refractivity contribution >= 4 is 11.8 Å². The van der Waals surface area contributed by atoms with Gasteiger partial charge in [-0.25, -0.2) is 0 Å². The van der Waals surface area contributed by atoms with Crippen LogP contribution in [-0.2, 0) is 4.79 Å². The quantitative estimate of drug-likeness (QED) is 0.851. The summed E-state index contributed by atoms with van der Waals surface area (Å²) in [5, 5.41) is 12.5. The zero-order chi connectivity index (χ0) is 14.8. The van der Waals surface area contributed by atoms with E-state index in [1.165, 1.54) is 0 Å². The van der Waals surface area contributed by atoms with Gasteiger partial charge in [0.15, 0.2) is 0 Å². The van der Waals surface area contributed by atoms with E-state index in [1.807, 2.05) is 26.0 Å². The molecule has 1 aliphatic heterocycles. The zero-order valence-electron chi connectivity index (χ0n) is 11.8. The number of hydrogen-bond acceptors (Lipinski definition) is 3. The molecule has 1 aromatic rings. The smallest absolute Gasteiger partial charge is 0.251 e. The van der Waals surface area contributed by atoms with E-state index >= 15 is 0 Å². The summed E-state index contributed by atoms with van der Waals surface area (Å²) in [7, 11) is 0. The van der Waals surface area contributed by atoms with Crippen LogP contribution >= 0.6 is 0 Å². The first kappa shape index (κ1) is 14.5. The summed E-state index contributed by atoms with van der Waals surface area (Å²) in [6.07, 6.45) is 0.631. The number of carbonyl (C=O) groups excluding carboxylic acids is 2. The van der Waals surface area contributed by atoms with E-state index in [4.69, 9.17) is 0 Å². The van der Waals surface area contributed by atoms with E-state index in [1.54, 1.807) is 17.0 Å². The van der Waals surface area contributed by atoms with Gasteiger partial charge in [-0.1, -0.05) is 24.6 Å². The maximum atomic E-state index is 11.9. The fraction of sp³-hybridized carbons (Fsp3) is 0.467. The van der Waals surface area contributed by atoms with Crippen LogP contribution in [0.5, 0.6) is 0 Å². The Bertz CT molecular complexity index is 522. The van der Waals surface area contributed by atoms with E-state index in [9.17, 15) is 14.7 Å². The molecule has 5 heteroatoms. The number of carbonyl (C=O) groups is 2. The highest BCUT2D eigenvalue weighted by atomic mass is 16.3. The normalized spacial score (nSPS) is 16.4. The van der Waals surface area contributed by atoms with Crippen molar-refractivity contribution in [3.8, 4) is 0 Å². The molecule has 5 nitrogen and oxygen atoms in total. The van der Waals surface area contributed by atoms with Gasteiger partial charge in [-0.3, -0.25) is 9.59 Å². The lowest BCUT2D eigenvalue weighted by Gasteiger charge is -2.46. The zero-order valence-corrected chi connectivity index (χ0v) is 11.8. The summed E-state index contributed by atoms with van der Waals surface area (Å²) in [4.78, 5) is 25.3. The summed E-state index contributed by atoms with van der Waals surface area (Å²) in [5.41, 5.74) is 0.808. The first-order valence-electron chi connectivity index (χ1n) is 6.78. The minimum Gasteiger partial charge on any atom is -0.386 e. The van der Waals surface area contributed by atoms with Gasteiger partial charge in [0.1, 0.15) is 0 Å². The molecule has 0 saturated carbocycles. The van der Waals surface area contributed by atoms with Crippen LogP contribution in [0.2, 0.25) is 0 Å². The highest BCUT2D eigenvalue weighted by molar-refractivity contribution is 5.96. The first-order chi connectivity index (χ1) is 9.43. The van der Waals surface area contributed by atoms with E-state index in [0.29, 0.717) is 25.1 Å². The Morgan fingerprint density at radius 3 is 2.70 bits per heavy atom. The maximum absolute atomic E-state index is 11.9. The molecular weight excluding hydrogens is 256 g/mol. The Hall–Kier alpha value is -1.88. The minimum absolute atomic E-state index is 0.0351. The van der Waals surface area contributed by atoms with Gasteiger partial charge in [-0.2, -0.15) is 0 Å². The van der Waals surface area contributed by atoms with Crippen LogP contribution < -0.4 is 5.32 Å². The topological polar surface area (TPSA) is 69.6 Å². The predicted octanol–water partition coefficient (Wildman–Crippen LogP) is 0.708. The van der Waals surface area contributed by atoms with E-state index < -0.39 is 5.60 Å². The molecule has 1 saturated heterocycles. The number of aryl methyl sites for hydroxylation is 1. The van der Waals surface area contributed by atoms with Crippen LogP contribution in [-0.4, -0.2) is 47.1 Å². The van der Waals surface area contributed by atoms with Gasteiger partial charge in [-0.05, 0) is 25.5 Å². The molecule has 1 fully saturated rings. The molecule has 0 unspecified atom stereocenters. The van der Waals surface area contributed by atoms with Crippen molar-refractivity contribution in [2.24, 2.45) is 0 Å². The van der Waals surface area contributed by atoms with Gasteiger partial charge < -0.3 is 15.3 Å². The molecular formula is C15H20N2O3. The second-order valence-electron chi connectivity index (χ2n) is 5.38. The minimum atomic E-state index is -0.740. The van der Waals surface area contributed by atoms with Crippen LogP contribution in [0.1, 0.15) is 29.3 Å². The van der Waals surface area contributed by atoms with Crippen molar-refractivity contribution in [1.82, 2.24) is 10.2 Å². The molecule has 0 aromatic heterocycles. The number of benzene rings is 1. The summed E-state index contributed by atoms with van der Waals surface area (Å²) in [5.74, 6) is -0.419. The number of nitrogens with one attached hydrogen (secondary N) is 1. The number of hydrogen-bond donors (Lipinski definition) is 2. The molecule has 1 aliphatic rings. The third-order valence-electron chi connectivity index (χ3n) is 3.66. The Balaban J connectivity index is 1.81. The Labute approximate surface area is 118 Å². The third-order valence-corrected chi connectivity index (χ3v) is 3.66. The maximum Gasteiger partial charge on any atom is 0.251 e. The molecule has 2 rings (SSSR count). The predicted molar refractivity (Wildman–Crippen MR) is 75.3 cm³/mol. The van der Waals surface area contributed by atoms with Gasteiger partial charge in [0, 0.05) is 5.56 Å². The van der Waals surface area contributed by atoms with Crippen LogP contribution in [0, 0.1) is 6.92 Å². The van der Waals surface area contributed by atoms with Crippen LogP contribution in [0.3, 0.4) is 0 Å². The summed E-state index contributed by atoms with van der Waals surface area (Å²) >= 11 is 0. The second kappa shape index (κ2) is 5.63. The first-order valence-corrected chi connectivity index (χ1v) is 6.78. The number of β-amino-alcohol motifs (C(OH)–C–C–N with tert-alkyl or cyclic N) is 1. The van der Waals surface area contributed by atoms with Gasteiger partial charge in [0.25, 0.3) is 5.91 Å². The van der Waals surface area contributed by atoms with Crippen molar-refractivity contribution in [2.75, 3.05) is 19.6 Å². The van der Waals surface area contributed by atoms with Crippen molar-refractivity contribution < 1.29 is 14.7 Å². The molecule has 0 radical (unpaired) electrons. The van der Waals surface area contributed by atoms with Crippen molar-refractivity contribution in [3.05, 3.63) is 35.4 Å². The standard InChI is InChI=1S/C15H20N2O3/c1-3-15(20)9-17(10-15)13(18)8-16-14(19)12-6-4-5-11(2)7-12/h4-7,20H,3,8-10H2,1-2H3,(H,16,19). The lowest BCUT2D eigenvalue weighted by Crippen LogP contribution is -2.64. The number of nitrogens with zero attached hydrogens (tertiary/aromatic N) is 1. The molecule has 1 heterocycles. The van der Waals surface area contributed by atoms with Crippen LogP contribution in [0.4, 0.5) is 0 Å². The van der Waals surface area contributed by atoms with Gasteiger partial charge in [0.05, 0.1) is 25.2 Å². The Morgan fingerprint density at radius 2 is 2.10 bits per heavy atom. The average Bonchev–Trinajstić information content (AvgIpc) is 2.40. The fourth-order valence-electron chi connectivity index (χ4n) is 2.22. The highest BCUT2D eigenvalue weighted by Gasteiger charge is 2.41. The number of aliphatic hydroxyl groups is 1. The van der Waals surface area contributed by atoms with Crippen molar-refractivity contribution in [1.29, 1.82) is 0 Å². The van der Waals surface area contributed by atoms with Crippen LogP contribution in [0.15, 0.2) is 24.3 Å². The largest absolute Gasteiger partial charge is 0.386 e. The van der Waals surface area contributed by atoms with Gasteiger partial charge >= 0.3 is 0 Å². The second-order valence-corrected chi connectivity index (χ2v) is 5.38. The summed E-state index contributed by atoms with van der Waals surface area (Å²) in [6, 6.07) is 7.21. The SMILES string of the molecule is CCC1(O)CN(C(=O)CNC(=O)c2cccc(C)c2)C1. The molecule has 108 valence electrons. The lowest BCUT2D eigenvalue weighted by atomic mass is 9.91. The fourth-order valence-corrected chi connectivity index (χ4v) is 2.22. The summed E-state index contributed by atoms with van der Waals surface area (Å²) < 4.78 is 0. The molecule has 2 N–H and O–H groups in total. The van der Waals surface area contributed by atoms with Gasteiger partial charge in [-0.15, -0.1) is 0 Å². The number of amides is 2. The molecule has 2 amide bonds. The van der Waals surface area contributed by atoms with E-state index in [2.05, 4.69) is 5.32 Å².